The van der Waals surface area contributed by atoms with Crippen molar-refractivity contribution in [3.05, 3.63) is 40.8 Å². The Labute approximate surface area is 97.8 Å². The van der Waals surface area contributed by atoms with Crippen LogP contribution >= 0.6 is 23.1 Å². The number of hydrogen-bond acceptors (Lipinski definition) is 4. The van der Waals surface area contributed by atoms with Crippen LogP contribution in [0.25, 0.3) is 0 Å². The quantitative estimate of drug-likeness (QED) is 0.823. The number of nitrogens with zero attached hydrogens (tertiary/aromatic N) is 1. The highest BCUT2D eigenvalue weighted by molar-refractivity contribution is 7.98. The smallest absolute Gasteiger partial charge is 0.0795 e. The van der Waals surface area contributed by atoms with Crippen molar-refractivity contribution < 1.29 is 0 Å². The van der Waals surface area contributed by atoms with Crippen LogP contribution in [-0.4, -0.2) is 11.2 Å². The second kappa shape index (κ2) is 5.19. The number of rotatable bonds is 4. The molecule has 4 heteroatoms. The van der Waals surface area contributed by atoms with E-state index in [-0.39, 0.29) is 0 Å². The molecule has 0 unspecified atom stereocenters. The highest BCUT2D eigenvalue weighted by atomic mass is 32.2. The highest BCUT2D eigenvalue weighted by Crippen LogP contribution is 2.19. The van der Waals surface area contributed by atoms with Crippen molar-refractivity contribution in [2.75, 3.05) is 11.6 Å². The first-order valence-electron chi connectivity index (χ1n) is 4.63. The van der Waals surface area contributed by atoms with Gasteiger partial charge in [-0.05, 0) is 24.5 Å². The Kier molecular flexibility index (Phi) is 3.64. The van der Waals surface area contributed by atoms with Gasteiger partial charge in [0.1, 0.15) is 0 Å². The van der Waals surface area contributed by atoms with Crippen molar-refractivity contribution in [1.29, 1.82) is 0 Å². The van der Waals surface area contributed by atoms with E-state index in [1.807, 2.05) is 5.51 Å². The summed E-state index contributed by atoms with van der Waals surface area (Å²) in [5.74, 6) is 0. The van der Waals surface area contributed by atoms with Gasteiger partial charge < -0.3 is 5.32 Å². The third-order valence-electron chi connectivity index (χ3n) is 2.03. The van der Waals surface area contributed by atoms with Crippen molar-refractivity contribution in [2.45, 2.75) is 11.4 Å². The molecule has 15 heavy (non-hydrogen) atoms. The van der Waals surface area contributed by atoms with Crippen LogP contribution < -0.4 is 5.32 Å². The lowest BCUT2D eigenvalue weighted by Gasteiger charge is -2.05. The van der Waals surface area contributed by atoms with Crippen LogP contribution in [0.15, 0.2) is 40.1 Å². The monoisotopic (exact) mass is 236 g/mol. The van der Waals surface area contributed by atoms with Crippen molar-refractivity contribution >= 4 is 28.8 Å². The fraction of sp³-hybridized carbons (Fsp3) is 0.182. The fourth-order valence-corrected chi connectivity index (χ4v) is 2.27. The molecular formula is C11H12N2S2. The van der Waals surface area contributed by atoms with Gasteiger partial charge in [-0.2, -0.15) is 0 Å². The maximum atomic E-state index is 4.22. The zero-order valence-corrected chi connectivity index (χ0v) is 10.1. The van der Waals surface area contributed by atoms with E-state index in [0.29, 0.717) is 0 Å². The fourth-order valence-electron chi connectivity index (χ4n) is 1.25. The van der Waals surface area contributed by atoms with Crippen LogP contribution in [0.5, 0.6) is 0 Å². The Hall–Kier alpha value is -1.00. The second-order valence-corrected chi connectivity index (χ2v) is 4.66. The molecule has 0 radical (unpaired) electrons. The Balaban J connectivity index is 1.98. The molecule has 2 aromatic rings. The van der Waals surface area contributed by atoms with Gasteiger partial charge >= 0.3 is 0 Å². The molecule has 1 heterocycles. The van der Waals surface area contributed by atoms with Crippen molar-refractivity contribution in [3.63, 3.8) is 0 Å². The first-order valence-corrected chi connectivity index (χ1v) is 6.80. The van der Waals surface area contributed by atoms with Crippen LogP contribution in [0.1, 0.15) is 5.69 Å². The minimum absolute atomic E-state index is 0.793. The Morgan fingerprint density at radius 2 is 2.40 bits per heavy atom. The molecule has 1 aromatic heterocycles. The predicted molar refractivity (Wildman–Crippen MR) is 67.7 cm³/mol. The average Bonchev–Trinajstić information content (AvgIpc) is 2.79. The summed E-state index contributed by atoms with van der Waals surface area (Å²) < 4.78 is 0. The van der Waals surface area contributed by atoms with Gasteiger partial charge in [0.05, 0.1) is 17.7 Å². The minimum Gasteiger partial charge on any atom is -0.379 e. The van der Waals surface area contributed by atoms with Gasteiger partial charge in [-0.3, -0.25) is 0 Å². The minimum atomic E-state index is 0.793. The summed E-state index contributed by atoms with van der Waals surface area (Å²) in [6.45, 7) is 0.793. The lowest BCUT2D eigenvalue weighted by Crippen LogP contribution is -1.99. The predicted octanol–water partition coefficient (Wildman–Crippen LogP) is 3.48. The Morgan fingerprint density at radius 1 is 1.47 bits per heavy atom. The number of aromatic nitrogens is 1. The van der Waals surface area contributed by atoms with Gasteiger partial charge in [-0.15, -0.1) is 23.1 Å². The molecule has 0 bridgehead atoms. The number of benzene rings is 1. The van der Waals surface area contributed by atoms with Crippen LogP contribution in [0.3, 0.4) is 0 Å². The van der Waals surface area contributed by atoms with Gasteiger partial charge in [0.25, 0.3) is 0 Å². The summed E-state index contributed by atoms with van der Waals surface area (Å²) >= 11 is 3.38. The van der Waals surface area contributed by atoms with Crippen LogP contribution in [0.2, 0.25) is 0 Å². The highest BCUT2D eigenvalue weighted by Gasteiger charge is 1.96. The summed E-state index contributed by atoms with van der Waals surface area (Å²) in [4.78, 5) is 5.50. The van der Waals surface area contributed by atoms with E-state index in [9.17, 15) is 0 Å². The van der Waals surface area contributed by atoms with Crippen LogP contribution in [-0.2, 0) is 6.54 Å². The normalized spacial score (nSPS) is 10.2. The summed E-state index contributed by atoms with van der Waals surface area (Å²) in [6.07, 6.45) is 2.08. The molecule has 0 amide bonds. The van der Waals surface area contributed by atoms with E-state index in [1.54, 1.807) is 23.1 Å². The van der Waals surface area contributed by atoms with Gasteiger partial charge in [0, 0.05) is 16.0 Å². The average molecular weight is 236 g/mol. The molecule has 0 atom stereocenters. The van der Waals surface area contributed by atoms with E-state index >= 15 is 0 Å². The van der Waals surface area contributed by atoms with Gasteiger partial charge in [0.2, 0.25) is 0 Å². The third-order valence-corrected chi connectivity index (χ3v) is 3.39. The maximum Gasteiger partial charge on any atom is 0.0795 e. The third kappa shape index (κ3) is 2.97. The van der Waals surface area contributed by atoms with E-state index < -0.39 is 0 Å². The Morgan fingerprint density at radius 3 is 3.13 bits per heavy atom. The topological polar surface area (TPSA) is 24.9 Å². The molecule has 0 saturated heterocycles. The number of nitrogens with one attached hydrogen (secondary N) is 1. The zero-order chi connectivity index (χ0) is 10.5. The first kappa shape index (κ1) is 10.5. The molecule has 0 aliphatic heterocycles. The molecule has 1 aromatic carbocycles. The molecule has 0 aliphatic rings. The van der Waals surface area contributed by atoms with E-state index in [2.05, 4.69) is 46.2 Å². The largest absolute Gasteiger partial charge is 0.379 e. The zero-order valence-electron chi connectivity index (χ0n) is 8.43. The summed E-state index contributed by atoms with van der Waals surface area (Å²) in [7, 11) is 0. The summed E-state index contributed by atoms with van der Waals surface area (Å²) in [6, 6.07) is 8.40. The van der Waals surface area contributed by atoms with Crippen molar-refractivity contribution in [3.8, 4) is 0 Å². The molecule has 0 fully saturated rings. The molecule has 78 valence electrons. The standard InChI is InChI=1S/C11H12N2S2/c1-14-11-4-2-3-9(5-11)12-6-10-7-15-8-13-10/h2-5,7-8,12H,6H2,1H3. The molecule has 2 nitrogen and oxygen atoms in total. The number of anilines is 1. The van der Waals surface area contributed by atoms with Gasteiger partial charge in [0.15, 0.2) is 0 Å². The van der Waals surface area contributed by atoms with Crippen molar-refractivity contribution in [1.82, 2.24) is 4.98 Å². The van der Waals surface area contributed by atoms with E-state index in [1.165, 1.54) is 4.90 Å². The van der Waals surface area contributed by atoms with E-state index in [0.717, 1.165) is 17.9 Å². The summed E-state index contributed by atoms with van der Waals surface area (Å²) in [5.41, 5.74) is 4.10. The number of hydrogen-bond donors (Lipinski definition) is 1. The first-order chi connectivity index (χ1) is 7.38. The molecule has 1 N–H and O–H groups in total. The van der Waals surface area contributed by atoms with Crippen LogP contribution in [0, 0.1) is 0 Å². The molecular weight excluding hydrogens is 224 g/mol. The lowest BCUT2D eigenvalue weighted by atomic mass is 10.3. The maximum absolute atomic E-state index is 4.22. The summed E-state index contributed by atoms with van der Waals surface area (Å²) in [5, 5.41) is 5.41. The molecule has 0 aliphatic carbocycles. The molecule has 0 saturated carbocycles. The van der Waals surface area contributed by atoms with E-state index in [4.69, 9.17) is 0 Å². The van der Waals surface area contributed by atoms with Crippen LogP contribution in [0.4, 0.5) is 5.69 Å². The molecule has 2 rings (SSSR count). The van der Waals surface area contributed by atoms with Crippen molar-refractivity contribution in [2.24, 2.45) is 0 Å². The lowest BCUT2D eigenvalue weighted by molar-refractivity contribution is 1.07. The number of thioether (sulfide) groups is 1. The Bertz CT molecular complexity index is 412. The second-order valence-electron chi connectivity index (χ2n) is 3.07. The SMILES string of the molecule is CSc1cccc(NCc2cscn2)c1. The van der Waals surface area contributed by atoms with Gasteiger partial charge in [-0.25, -0.2) is 4.98 Å². The van der Waals surface area contributed by atoms with Gasteiger partial charge in [-0.1, -0.05) is 6.07 Å². The molecule has 0 spiro atoms. The number of thiazole rings is 1.